The van der Waals surface area contributed by atoms with Crippen molar-refractivity contribution >= 4 is 23.9 Å². The second kappa shape index (κ2) is 15.1. The van der Waals surface area contributed by atoms with Crippen LogP contribution in [0.15, 0.2) is 11.6 Å². The molecule has 0 aromatic carbocycles. The van der Waals surface area contributed by atoms with Gasteiger partial charge in [0.15, 0.2) is 18.7 Å². The summed E-state index contributed by atoms with van der Waals surface area (Å²) in [7, 11) is 0. The molecule has 0 aromatic rings. The van der Waals surface area contributed by atoms with E-state index < -0.39 is 90.5 Å². The van der Waals surface area contributed by atoms with Gasteiger partial charge < -0.3 is 59.8 Å². The molecule has 8 N–H and O–H groups in total. The summed E-state index contributed by atoms with van der Waals surface area (Å²) in [4.78, 5) is 48.0. The van der Waals surface area contributed by atoms with Crippen LogP contribution in [0.2, 0.25) is 0 Å². The zero-order valence-corrected chi connectivity index (χ0v) is 33.8. The van der Waals surface area contributed by atoms with Crippen molar-refractivity contribution in [3.05, 3.63) is 11.6 Å². The van der Waals surface area contributed by atoms with Crippen LogP contribution in [0, 0.1) is 50.2 Å². The Labute approximate surface area is 332 Å². The van der Waals surface area contributed by atoms with E-state index in [4.69, 9.17) is 24.1 Å². The van der Waals surface area contributed by atoms with Gasteiger partial charge in [0.05, 0.1) is 18.1 Å². The van der Waals surface area contributed by atoms with E-state index in [1.807, 2.05) is 6.92 Å². The number of fused-ring (bicyclic) bond motifs is 7. The predicted octanol–water partition coefficient (Wildman–Crippen LogP) is 3.02. The number of rotatable bonds is 12. The van der Waals surface area contributed by atoms with E-state index in [-0.39, 0.29) is 46.0 Å². The number of ether oxygens (including phenoxy) is 4. The molecule has 16 heteroatoms. The predicted molar refractivity (Wildman–Crippen MR) is 197 cm³/mol. The Hall–Kier alpha value is -2.70. The summed E-state index contributed by atoms with van der Waals surface area (Å²) in [5.41, 5.74) is -1.06. The topological polar surface area (TPSA) is 267 Å². The molecule has 6 aliphatic rings. The van der Waals surface area contributed by atoms with Gasteiger partial charge in [-0.05, 0) is 104 Å². The van der Waals surface area contributed by atoms with Crippen LogP contribution in [0.5, 0.6) is 0 Å². The van der Waals surface area contributed by atoms with Gasteiger partial charge in [-0.25, -0.2) is 14.4 Å². The van der Waals surface area contributed by atoms with Crippen LogP contribution < -0.4 is 0 Å². The molecule has 0 spiro atoms. The highest BCUT2D eigenvalue weighted by molar-refractivity contribution is 5.77. The van der Waals surface area contributed by atoms with Crippen LogP contribution in [0.1, 0.15) is 106 Å². The minimum Gasteiger partial charge on any atom is -0.481 e. The Kier molecular flexibility index (Phi) is 11.6. The Morgan fingerprint density at radius 1 is 0.877 bits per heavy atom. The molecule has 0 bridgehead atoms. The lowest BCUT2D eigenvalue weighted by molar-refractivity contribution is -0.347. The summed E-state index contributed by atoms with van der Waals surface area (Å²) in [6.45, 7) is 12.0. The number of aliphatic hydroxyl groups is 4. The summed E-state index contributed by atoms with van der Waals surface area (Å²) >= 11 is 0. The molecule has 16 atom stereocenters. The monoisotopic (exact) mass is 810 g/mol. The summed E-state index contributed by atoms with van der Waals surface area (Å²) in [5.74, 6) is -5.72. The Bertz CT molecular complexity index is 1630. The maximum absolute atomic E-state index is 13.0. The van der Waals surface area contributed by atoms with Gasteiger partial charge in [-0.1, -0.05) is 53.2 Å². The molecule has 57 heavy (non-hydrogen) atoms. The number of allylic oxidation sites excluding steroid dienone is 2. The Morgan fingerprint density at radius 3 is 2.14 bits per heavy atom. The minimum absolute atomic E-state index is 0.0331. The van der Waals surface area contributed by atoms with Crippen molar-refractivity contribution in [1.29, 1.82) is 0 Å². The van der Waals surface area contributed by atoms with Crippen molar-refractivity contribution in [3.8, 4) is 0 Å². The molecule has 0 aromatic heterocycles. The van der Waals surface area contributed by atoms with E-state index >= 15 is 0 Å². The molecule has 16 nitrogen and oxygen atoms in total. The van der Waals surface area contributed by atoms with Gasteiger partial charge in [-0.15, -0.1) is 0 Å². The molecule has 1 saturated heterocycles. The molecule has 5 aliphatic carbocycles. The quantitative estimate of drug-likeness (QED) is 0.0800. The standard InChI is InChI=1S/C41H62O16/c1-36(2)13-15-41(35(52)53)16-14-39(5)20(21(41)17-36)7-8-23-37(3)11-10-24(38(4,19-42)22(37)9-12-40(23,39)6)55-34-27(46)29(26(45)30(57-34)32(50)51)56-33(28(47)31(48)49)54-18-25(43)44/h7,21-24,26-30,33-34,42,45-47H,8-19H2,1-6H3,(H,43,44)(H,48,49)(H,50,51)(H,52,53)/t21-,22-,23-,24+,26+,27-,28+,29+,30+,33?,34-,37+,38+,39-,40-,41+/m1/s1. The minimum atomic E-state index is -2.48. The van der Waals surface area contributed by atoms with Crippen molar-refractivity contribution in [1.82, 2.24) is 0 Å². The normalized spacial score (nSPS) is 46.1. The van der Waals surface area contributed by atoms with Crippen LogP contribution >= 0.6 is 0 Å². The van der Waals surface area contributed by atoms with E-state index in [2.05, 4.69) is 40.7 Å². The Balaban J connectivity index is 1.28. The number of aliphatic hydroxyl groups excluding tert-OH is 4. The van der Waals surface area contributed by atoms with E-state index in [1.165, 1.54) is 5.57 Å². The zero-order chi connectivity index (χ0) is 42.3. The fourth-order valence-electron chi connectivity index (χ4n) is 13.0. The lowest BCUT2D eigenvalue weighted by Gasteiger charge is -2.71. The average molecular weight is 811 g/mol. The summed E-state index contributed by atoms with van der Waals surface area (Å²) in [6.07, 6.45) is -5.93. The first-order valence-corrected chi connectivity index (χ1v) is 20.3. The molecule has 6 rings (SSSR count). The van der Waals surface area contributed by atoms with Crippen molar-refractivity contribution in [2.75, 3.05) is 13.2 Å². The second-order valence-corrected chi connectivity index (χ2v) is 19.7. The van der Waals surface area contributed by atoms with Gasteiger partial charge in [0.1, 0.15) is 24.9 Å². The molecular weight excluding hydrogens is 748 g/mol. The van der Waals surface area contributed by atoms with E-state index in [9.17, 15) is 54.9 Å². The average Bonchev–Trinajstić information content (AvgIpc) is 3.12. The maximum atomic E-state index is 13.0. The fraction of sp³-hybridized carbons (Fsp3) is 0.854. The SMILES string of the molecule is CC1(C)CC[C@]2(C(=O)O)CC[C@]3(C)C(=CC[C@@H]4[C@@]5(C)CC[C@H](O[C@@H]6O[C@H](C(=O)O)[C@@H](O)[C@H](OC(OCC(=O)O)[C@@H](O)C(=O)O)[C@H]6O)[C@@](C)(CO)[C@@H]5CC[C@]43C)[C@H]2C1. The number of carboxylic acid groups (broad SMARTS) is 4. The van der Waals surface area contributed by atoms with E-state index in [0.29, 0.717) is 25.7 Å². The van der Waals surface area contributed by atoms with Crippen molar-refractivity contribution < 1.29 is 79.0 Å². The molecule has 322 valence electrons. The van der Waals surface area contributed by atoms with Crippen LogP contribution in [-0.2, 0) is 38.1 Å². The molecule has 1 unspecified atom stereocenters. The smallest absolute Gasteiger partial charge is 0.337 e. The first-order chi connectivity index (χ1) is 26.4. The number of carbonyl (C=O) groups is 4. The third kappa shape index (κ3) is 6.93. The summed E-state index contributed by atoms with van der Waals surface area (Å²) in [6, 6.07) is 0. The molecule has 5 fully saturated rings. The summed E-state index contributed by atoms with van der Waals surface area (Å²) in [5, 5.41) is 82.9. The lowest BCUT2D eigenvalue weighted by Crippen LogP contribution is -2.67. The van der Waals surface area contributed by atoms with Gasteiger partial charge in [0.25, 0.3) is 0 Å². The van der Waals surface area contributed by atoms with Crippen LogP contribution in [-0.4, -0.2) is 127 Å². The van der Waals surface area contributed by atoms with Gasteiger partial charge in [0.2, 0.25) is 6.10 Å². The van der Waals surface area contributed by atoms with Gasteiger partial charge >= 0.3 is 23.9 Å². The largest absolute Gasteiger partial charge is 0.481 e. The first kappa shape index (κ1) is 43.9. The van der Waals surface area contributed by atoms with Gasteiger partial charge in [-0.3, -0.25) is 4.79 Å². The second-order valence-electron chi connectivity index (χ2n) is 19.7. The molecular formula is C41H62O16. The van der Waals surface area contributed by atoms with E-state index in [1.54, 1.807) is 0 Å². The third-order valence-corrected chi connectivity index (χ3v) is 16.4. The Morgan fingerprint density at radius 2 is 1.54 bits per heavy atom. The lowest BCUT2D eigenvalue weighted by atomic mass is 9.33. The highest BCUT2D eigenvalue weighted by Gasteiger charge is 2.70. The molecule has 1 heterocycles. The van der Waals surface area contributed by atoms with Crippen LogP contribution in [0.25, 0.3) is 0 Å². The number of carboxylic acids is 4. The number of aliphatic carboxylic acids is 4. The van der Waals surface area contributed by atoms with Gasteiger partial charge in [0, 0.05) is 5.41 Å². The van der Waals surface area contributed by atoms with Crippen molar-refractivity contribution in [2.24, 2.45) is 50.2 Å². The van der Waals surface area contributed by atoms with Crippen molar-refractivity contribution in [3.63, 3.8) is 0 Å². The van der Waals surface area contributed by atoms with E-state index in [0.717, 1.165) is 38.5 Å². The highest BCUT2D eigenvalue weighted by atomic mass is 16.7. The molecule has 4 saturated carbocycles. The molecule has 1 aliphatic heterocycles. The van der Waals surface area contributed by atoms with Crippen LogP contribution in [0.4, 0.5) is 0 Å². The zero-order valence-electron chi connectivity index (χ0n) is 33.8. The van der Waals surface area contributed by atoms with Crippen molar-refractivity contribution in [2.45, 2.75) is 155 Å². The third-order valence-electron chi connectivity index (χ3n) is 16.4. The fourth-order valence-corrected chi connectivity index (χ4v) is 13.0. The van der Waals surface area contributed by atoms with Crippen LogP contribution in [0.3, 0.4) is 0 Å². The highest BCUT2D eigenvalue weighted by Crippen LogP contribution is 2.76. The molecule has 0 amide bonds. The summed E-state index contributed by atoms with van der Waals surface area (Å²) < 4.78 is 22.3. The van der Waals surface area contributed by atoms with Gasteiger partial charge in [-0.2, -0.15) is 0 Å². The first-order valence-electron chi connectivity index (χ1n) is 20.3. The molecule has 0 radical (unpaired) electrons. The maximum Gasteiger partial charge on any atom is 0.337 e. The number of hydrogen-bond donors (Lipinski definition) is 8. The number of hydrogen-bond acceptors (Lipinski definition) is 12.